The zero-order valence-electron chi connectivity index (χ0n) is 10.7. The summed E-state index contributed by atoms with van der Waals surface area (Å²) in [6.07, 6.45) is 0. The van der Waals surface area contributed by atoms with E-state index in [2.05, 4.69) is 0 Å². The van der Waals surface area contributed by atoms with Gasteiger partial charge in [-0.25, -0.2) is 8.78 Å². The van der Waals surface area contributed by atoms with Crippen LogP contribution in [0.3, 0.4) is 0 Å². The predicted octanol–water partition coefficient (Wildman–Crippen LogP) is 5.46. The van der Waals surface area contributed by atoms with E-state index in [4.69, 9.17) is 27.6 Å². The maximum Gasteiger partial charge on any atom is 0.160 e. The Morgan fingerprint density at radius 1 is 1.05 bits per heavy atom. The second kappa shape index (κ2) is 5.14. The van der Waals surface area contributed by atoms with Crippen molar-refractivity contribution in [2.75, 3.05) is 0 Å². The summed E-state index contributed by atoms with van der Waals surface area (Å²) < 4.78 is 31.9. The first-order valence-corrected chi connectivity index (χ1v) is 6.49. The topological polar surface area (TPSA) is 13.1 Å². The molecule has 0 fully saturated rings. The van der Waals surface area contributed by atoms with Gasteiger partial charge in [0.15, 0.2) is 11.6 Å². The number of alkyl halides is 1. The first-order chi connectivity index (χ1) is 8.82. The van der Waals surface area contributed by atoms with Crippen LogP contribution in [0.25, 0.3) is 0 Å². The average Bonchev–Trinajstić information content (AvgIpc) is 2.57. The highest BCUT2D eigenvalue weighted by atomic mass is 35.5. The Hall–Kier alpha value is -1.06. The van der Waals surface area contributed by atoms with Gasteiger partial charge in [-0.05, 0) is 44.0 Å². The first kappa shape index (κ1) is 14.4. The molecule has 19 heavy (non-hydrogen) atoms. The van der Waals surface area contributed by atoms with Crippen LogP contribution in [-0.4, -0.2) is 0 Å². The molecule has 1 aromatic heterocycles. The molecule has 0 amide bonds. The second-order valence-corrected chi connectivity index (χ2v) is 5.25. The van der Waals surface area contributed by atoms with E-state index < -0.39 is 17.0 Å². The van der Waals surface area contributed by atoms with Crippen molar-refractivity contribution >= 4 is 23.2 Å². The van der Waals surface area contributed by atoms with E-state index >= 15 is 0 Å². The van der Waals surface area contributed by atoms with Crippen LogP contribution in [0.1, 0.15) is 33.6 Å². The molecule has 0 spiro atoms. The molecule has 0 aliphatic heterocycles. The zero-order valence-corrected chi connectivity index (χ0v) is 12.2. The molecular weight excluding hydrogens is 293 g/mol. The van der Waals surface area contributed by atoms with Gasteiger partial charge < -0.3 is 4.42 Å². The van der Waals surface area contributed by atoms with Crippen molar-refractivity contribution in [3.05, 3.63) is 57.0 Å². The van der Waals surface area contributed by atoms with E-state index in [1.807, 2.05) is 13.8 Å². The molecule has 0 N–H and O–H groups in total. The molecule has 5 heteroatoms. The van der Waals surface area contributed by atoms with E-state index in [-0.39, 0.29) is 5.02 Å². The van der Waals surface area contributed by atoms with Gasteiger partial charge >= 0.3 is 0 Å². The van der Waals surface area contributed by atoms with Crippen LogP contribution >= 0.6 is 23.2 Å². The van der Waals surface area contributed by atoms with Gasteiger partial charge in [0.25, 0.3) is 0 Å². The van der Waals surface area contributed by atoms with Crippen molar-refractivity contribution in [1.29, 1.82) is 0 Å². The molecule has 1 atom stereocenters. The van der Waals surface area contributed by atoms with E-state index in [0.29, 0.717) is 11.3 Å². The maximum atomic E-state index is 13.3. The molecule has 1 heterocycles. The highest BCUT2D eigenvalue weighted by Gasteiger charge is 2.24. The van der Waals surface area contributed by atoms with Crippen LogP contribution in [0.5, 0.6) is 0 Å². The number of hydrogen-bond acceptors (Lipinski definition) is 1. The van der Waals surface area contributed by atoms with Crippen LogP contribution in [-0.2, 0) is 0 Å². The van der Waals surface area contributed by atoms with Crippen LogP contribution < -0.4 is 0 Å². The molecule has 2 aromatic rings. The predicted molar refractivity (Wildman–Crippen MR) is 72.0 cm³/mol. The standard InChI is InChI=1S/C14H12Cl2F2O/c1-6-7(2)19-8(3)13(6)14(16)9-4-11(17)12(18)5-10(9)15/h4-5,14H,1-3H3. The Morgan fingerprint density at radius 2 is 1.63 bits per heavy atom. The van der Waals surface area contributed by atoms with Crippen molar-refractivity contribution < 1.29 is 13.2 Å². The summed E-state index contributed by atoms with van der Waals surface area (Å²) in [6, 6.07) is 1.95. The Labute approximate surface area is 120 Å². The quantitative estimate of drug-likeness (QED) is 0.530. The lowest BCUT2D eigenvalue weighted by molar-refractivity contribution is 0.499. The normalized spacial score (nSPS) is 12.8. The van der Waals surface area contributed by atoms with E-state index in [1.165, 1.54) is 0 Å². The van der Waals surface area contributed by atoms with Gasteiger partial charge in [-0.15, -0.1) is 11.6 Å². The van der Waals surface area contributed by atoms with Crippen molar-refractivity contribution in [2.45, 2.75) is 26.1 Å². The smallest absolute Gasteiger partial charge is 0.160 e. The van der Waals surface area contributed by atoms with Gasteiger partial charge in [0, 0.05) is 10.6 Å². The lowest BCUT2D eigenvalue weighted by Gasteiger charge is -2.13. The number of benzene rings is 1. The average molecular weight is 305 g/mol. The minimum atomic E-state index is -0.991. The molecule has 1 unspecified atom stereocenters. The molecule has 0 bridgehead atoms. The molecular formula is C14H12Cl2F2O. The van der Waals surface area contributed by atoms with E-state index in [0.717, 1.165) is 29.0 Å². The summed E-state index contributed by atoms with van der Waals surface area (Å²) in [7, 11) is 0. The van der Waals surface area contributed by atoms with Crippen LogP contribution in [0.2, 0.25) is 5.02 Å². The lowest BCUT2D eigenvalue weighted by atomic mass is 10.0. The summed E-state index contributed by atoms with van der Waals surface area (Å²) >= 11 is 12.3. The number of hydrogen-bond donors (Lipinski definition) is 0. The molecule has 0 saturated heterocycles. The molecule has 102 valence electrons. The summed E-state index contributed by atoms with van der Waals surface area (Å²) in [5, 5.41) is -0.586. The Kier molecular flexibility index (Phi) is 3.88. The second-order valence-electron chi connectivity index (χ2n) is 4.40. The highest BCUT2D eigenvalue weighted by molar-refractivity contribution is 6.33. The maximum absolute atomic E-state index is 13.3. The minimum absolute atomic E-state index is 0.0940. The van der Waals surface area contributed by atoms with Gasteiger partial charge in [-0.1, -0.05) is 11.6 Å². The number of halogens is 4. The summed E-state index contributed by atoms with van der Waals surface area (Å²) in [5.41, 5.74) is 1.96. The fraction of sp³-hybridized carbons (Fsp3) is 0.286. The summed E-state index contributed by atoms with van der Waals surface area (Å²) in [6.45, 7) is 5.46. The number of aryl methyl sites for hydroxylation is 2. The lowest BCUT2D eigenvalue weighted by Crippen LogP contribution is -1.99. The first-order valence-electron chi connectivity index (χ1n) is 5.68. The minimum Gasteiger partial charge on any atom is -0.466 e. The number of furan rings is 1. The van der Waals surface area contributed by atoms with Crippen molar-refractivity contribution in [3.63, 3.8) is 0 Å². The Balaban J connectivity index is 2.56. The SMILES string of the molecule is Cc1oc(C)c(C(Cl)c2cc(F)c(F)cc2Cl)c1C. The van der Waals surface area contributed by atoms with Crippen molar-refractivity contribution in [2.24, 2.45) is 0 Å². The summed E-state index contributed by atoms with van der Waals surface area (Å²) in [5.74, 6) is -0.567. The van der Waals surface area contributed by atoms with Gasteiger partial charge in [0.1, 0.15) is 11.5 Å². The third-order valence-electron chi connectivity index (χ3n) is 3.18. The molecule has 0 saturated carbocycles. The van der Waals surface area contributed by atoms with Crippen molar-refractivity contribution in [3.8, 4) is 0 Å². The zero-order chi connectivity index (χ0) is 14.3. The highest BCUT2D eigenvalue weighted by Crippen LogP contribution is 2.39. The third-order valence-corrected chi connectivity index (χ3v) is 3.96. The van der Waals surface area contributed by atoms with Gasteiger partial charge in [-0.2, -0.15) is 0 Å². The van der Waals surface area contributed by atoms with Gasteiger partial charge in [-0.3, -0.25) is 0 Å². The van der Waals surface area contributed by atoms with E-state index in [1.54, 1.807) is 6.92 Å². The van der Waals surface area contributed by atoms with Gasteiger partial charge in [0.2, 0.25) is 0 Å². The van der Waals surface area contributed by atoms with Crippen molar-refractivity contribution in [1.82, 2.24) is 0 Å². The summed E-state index contributed by atoms with van der Waals surface area (Å²) in [4.78, 5) is 0. The monoisotopic (exact) mass is 304 g/mol. The van der Waals surface area contributed by atoms with Gasteiger partial charge in [0.05, 0.1) is 5.38 Å². The van der Waals surface area contributed by atoms with Crippen LogP contribution in [0, 0.1) is 32.4 Å². The molecule has 0 aliphatic carbocycles. The molecule has 1 nitrogen and oxygen atoms in total. The molecule has 0 aliphatic rings. The third kappa shape index (κ3) is 2.49. The molecule has 1 aromatic carbocycles. The molecule has 2 rings (SSSR count). The molecule has 0 radical (unpaired) electrons. The van der Waals surface area contributed by atoms with Crippen LogP contribution in [0.4, 0.5) is 8.78 Å². The Morgan fingerprint density at radius 3 is 2.16 bits per heavy atom. The van der Waals surface area contributed by atoms with E-state index in [9.17, 15) is 8.78 Å². The van der Waals surface area contributed by atoms with Crippen LogP contribution in [0.15, 0.2) is 16.5 Å². The fourth-order valence-electron chi connectivity index (χ4n) is 2.07. The number of rotatable bonds is 2. The largest absolute Gasteiger partial charge is 0.466 e. The fourth-order valence-corrected chi connectivity index (χ4v) is 2.88. The Bertz CT molecular complexity index is 635.